The maximum absolute atomic E-state index is 13.7. The highest BCUT2D eigenvalue weighted by Crippen LogP contribution is 2.22. The molecule has 2 rings (SSSR count). The molecule has 4 nitrogen and oxygen atoms in total. The van der Waals surface area contributed by atoms with Gasteiger partial charge in [0.1, 0.15) is 17.2 Å². The van der Waals surface area contributed by atoms with Gasteiger partial charge in [-0.2, -0.15) is 0 Å². The van der Waals surface area contributed by atoms with E-state index in [4.69, 9.17) is 5.73 Å². The molecule has 1 aromatic heterocycles. The fourth-order valence-electron chi connectivity index (χ4n) is 1.49. The number of aryl methyl sites for hydroxylation is 1. The number of rotatable bonds is 2. The Balaban J connectivity index is 2.30. The predicted octanol–water partition coefficient (Wildman–Crippen LogP) is 2.44. The normalized spacial score (nSPS) is 10.4. The van der Waals surface area contributed by atoms with E-state index in [1.54, 1.807) is 0 Å². The maximum Gasteiger partial charge on any atom is 0.272 e. The Labute approximate surface area is 102 Å². The van der Waals surface area contributed by atoms with E-state index in [0.29, 0.717) is 5.69 Å². The van der Waals surface area contributed by atoms with E-state index in [9.17, 15) is 13.6 Å². The molecule has 0 fully saturated rings. The fraction of sp³-hybridized carbons (Fsp3) is 0.0833. The fourth-order valence-corrected chi connectivity index (χ4v) is 1.49. The van der Waals surface area contributed by atoms with Crippen molar-refractivity contribution in [2.75, 3.05) is 11.1 Å². The molecule has 94 valence electrons. The van der Waals surface area contributed by atoms with Gasteiger partial charge in [0.15, 0.2) is 5.82 Å². The Morgan fingerprint density at radius 3 is 2.72 bits per heavy atom. The molecule has 1 aromatic carbocycles. The van der Waals surface area contributed by atoms with Crippen molar-refractivity contribution in [1.29, 1.82) is 0 Å². The summed E-state index contributed by atoms with van der Waals surface area (Å²) >= 11 is 0. The van der Waals surface area contributed by atoms with E-state index >= 15 is 0 Å². The maximum atomic E-state index is 13.7. The van der Waals surface area contributed by atoms with Gasteiger partial charge in [-0.15, -0.1) is 0 Å². The number of aromatic amines is 1. The lowest BCUT2D eigenvalue weighted by Gasteiger charge is -2.08. The van der Waals surface area contributed by atoms with Crippen molar-refractivity contribution in [1.82, 2.24) is 4.98 Å². The number of H-pyrrole nitrogens is 1. The van der Waals surface area contributed by atoms with Gasteiger partial charge in [-0.25, -0.2) is 8.78 Å². The van der Waals surface area contributed by atoms with E-state index < -0.39 is 23.2 Å². The number of anilines is 2. The van der Waals surface area contributed by atoms with Crippen LogP contribution in [0.25, 0.3) is 0 Å². The van der Waals surface area contributed by atoms with Gasteiger partial charge in [-0.3, -0.25) is 4.79 Å². The smallest absolute Gasteiger partial charge is 0.272 e. The Kier molecular flexibility index (Phi) is 3.01. The van der Waals surface area contributed by atoms with Crippen molar-refractivity contribution in [3.8, 4) is 0 Å². The summed E-state index contributed by atoms with van der Waals surface area (Å²) in [6, 6.07) is 3.77. The third-order valence-corrected chi connectivity index (χ3v) is 2.47. The molecular formula is C12H11F2N3O. The Hall–Kier alpha value is -2.37. The Bertz CT molecular complexity index is 607. The SMILES string of the molecule is Cc1ccc(F)c(NC(=O)c2cc(N)c[nH]2)c1F. The average Bonchev–Trinajstić information content (AvgIpc) is 2.76. The van der Waals surface area contributed by atoms with Gasteiger partial charge >= 0.3 is 0 Å². The second-order valence-corrected chi connectivity index (χ2v) is 3.85. The van der Waals surface area contributed by atoms with Crippen molar-refractivity contribution < 1.29 is 13.6 Å². The van der Waals surface area contributed by atoms with Crippen LogP contribution in [0.4, 0.5) is 20.2 Å². The van der Waals surface area contributed by atoms with Gasteiger partial charge in [-0.05, 0) is 24.6 Å². The van der Waals surface area contributed by atoms with Crippen molar-refractivity contribution in [3.63, 3.8) is 0 Å². The number of aromatic nitrogens is 1. The van der Waals surface area contributed by atoms with Crippen LogP contribution in [0.1, 0.15) is 16.1 Å². The van der Waals surface area contributed by atoms with Gasteiger partial charge in [0.25, 0.3) is 5.91 Å². The minimum Gasteiger partial charge on any atom is -0.397 e. The number of nitrogen functional groups attached to an aromatic ring is 1. The van der Waals surface area contributed by atoms with Gasteiger partial charge in [0, 0.05) is 11.9 Å². The quantitative estimate of drug-likeness (QED) is 0.767. The number of hydrogen-bond donors (Lipinski definition) is 3. The molecule has 0 radical (unpaired) electrons. The number of nitrogens with two attached hydrogens (primary N) is 1. The van der Waals surface area contributed by atoms with Crippen LogP contribution in [0.15, 0.2) is 24.4 Å². The molecule has 0 aliphatic carbocycles. The Morgan fingerprint density at radius 2 is 2.11 bits per heavy atom. The number of halogens is 2. The number of hydrogen-bond acceptors (Lipinski definition) is 2. The van der Waals surface area contributed by atoms with Crippen molar-refractivity contribution in [2.45, 2.75) is 6.92 Å². The number of amides is 1. The van der Waals surface area contributed by atoms with Crippen LogP contribution in [0, 0.1) is 18.6 Å². The van der Waals surface area contributed by atoms with E-state index in [1.807, 2.05) is 0 Å². The minimum atomic E-state index is -0.828. The number of benzene rings is 1. The summed E-state index contributed by atoms with van der Waals surface area (Å²) < 4.78 is 27.1. The summed E-state index contributed by atoms with van der Waals surface area (Å²) in [7, 11) is 0. The number of nitrogens with one attached hydrogen (secondary N) is 2. The molecule has 1 heterocycles. The molecule has 0 spiro atoms. The zero-order valence-electron chi connectivity index (χ0n) is 9.55. The molecule has 0 saturated heterocycles. The third kappa shape index (κ3) is 2.17. The molecule has 1 amide bonds. The van der Waals surface area contributed by atoms with Crippen molar-refractivity contribution in [2.24, 2.45) is 0 Å². The van der Waals surface area contributed by atoms with Crippen LogP contribution < -0.4 is 11.1 Å². The molecule has 18 heavy (non-hydrogen) atoms. The predicted molar refractivity (Wildman–Crippen MR) is 64.3 cm³/mol. The average molecular weight is 251 g/mol. The lowest BCUT2D eigenvalue weighted by atomic mass is 10.2. The van der Waals surface area contributed by atoms with Crippen molar-refractivity contribution >= 4 is 17.3 Å². The van der Waals surface area contributed by atoms with Gasteiger partial charge in [-0.1, -0.05) is 6.07 Å². The van der Waals surface area contributed by atoms with Crippen LogP contribution in [0.2, 0.25) is 0 Å². The summed E-state index contributed by atoms with van der Waals surface area (Å²) in [6.07, 6.45) is 1.41. The second-order valence-electron chi connectivity index (χ2n) is 3.85. The summed E-state index contributed by atoms with van der Waals surface area (Å²) in [5, 5.41) is 2.17. The first kappa shape index (κ1) is 12.1. The molecular weight excluding hydrogens is 240 g/mol. The van der Waals surface area contributed by atoms with Crippen LogP contribution in [-0.2, 0) is 0 Å². The number of carbonyl (C=O) groups excluding carboxylic acids is 1. The molecule has 0 atom stereocenters. The Morgan fingerprint density at radius 1 is 1.39 bits per heavy atom. The lowest BCUT2D eigenvalue weighted by molar-refractivity contribution is 0.102. The molecule has 4 N–H and O–H groups in total. The third-order valence-electron chi connectivity index (χ3n) is 2.47. The highest BCUT2D eigenvalue weighted by Gasteiger charge is 2.16. The van der Waals surface area contributed by atoms with Crippen LogP contribution in [0.5, 0.6) is 0 Å². The minimum absolute atomic E-state index is 0.132. The first-order chi connectivity index (χ1) is 8.49. The highest BCUT2D eigenvalue weighted by molar-refractivity contribution is 6.03. The topological polar surface area (TPSA) is 70.9 Å². The van der Waals surface area contributed by atoms with Crippen LogP contribution in [0.3, 0.4) is 0 Å². The number of carbonyl (C=O) groups is 1. The lowest BCUT2D eigenvalue weighted by Crippen LogP contribution is -2.15. The van der Waals surface area contributed by atoms with Crippen LogP contribution in [-0.4, -0.2) is 10.9 Å². The molecule has 0 bridgehead atoms. The van der Waals surface area contributed by atoms with Crippen LogP contribution >= 0.6 is 0 Å². The van der Waals surface area contributed by atoms with Crippen molar-refractivity contribution in [3.05, 3.63) is 47.3 Å². The van der Waals surface area contributed by atoms with E-state index in [1.165, 1.54) is 25.3 Å². The first-order valence-corrected chi connectivity index (χ1v) is 5.19. The molecule has 0 saturated carbocycles. The zero-order valence-corrected chi connectivity index (χ0v) is 9.55. The summed E-state index contributed by atoms with van der Waals surface area (Å²) in [5.41, 5.74) is 5.72. The molecule has 0 unspecified atom stereocenters. The monoisotopic (exact) mass is 251 g/mol. The largest absolute Gasteiger partial charge is 0.397 e. The molecule has 2 aromatic rings. The molecule has 6 heteroatoms. The van der Waals surface area contributed by atoms with Gasteiger partial charge < -0.3 is 16.0 Å². The van der Waals surface area contributed by atoms with E-state index in [0.717, 1.165) is 6.07 Å². The summed E-state index contributed by atoms with van der Waals surface area (Å²) in [5.74, 6) is -2.27. The zero-order chi connectivity index (χ0) is 13.3. The molecule has 0 aliphatic heterocycles. The van der Waals surface area contributed by atoms with Gasteiger partial charge in [0.2, 0.25) is 0 Å². The summed E-state index contributed by atoms with van der Waals surface area (Å²) in [4.78, 5) is 14.3. The molecule has 0 aliphatic rings. The summed E-state index contributed by atoms with van der Waals surface area (Å²) in [6.45, 7) is 1.48. The standard InChI is InChI=1S/C12H11F2N3O/c1-6-2-3-8(13)11(10(6)14)17-12(18)9-4-7(15)5-16-9/h2-5,16H,15H2,1H3,(H,17,18). The first-order valence-electron chi connectivity index (χ1n) is 5.19. The second kappa shape index (κ2) is 4.48. The highest BCUT2D eigenvalue weighted by atomic mass is 19.1. The van der Waals surface area contributed by atoms with E-state index in [2.05, 4.69) is 10.3 Å². The van der Waals surface area contributed by atoms with E-state index in [-0.39, 0.29) is 11.3 Å². The van der Waals surface area contributed by atoms with Gasteiger partial charge in [0.05, 0.1) is 0 Å².